The van der Waals surface area contributed by atoms with E-state index in [1.807, 2.05) is 24.6 Å². The SMILES string of the molecule is CCNC(C)c1cnc(C2(OC)CCCC(C)C2)s1. The fraction of sp³-hybridized carbons (Fsp3) is 0.800. The summed E-state index contributed by atoms with van der Waals surface area (Å²) >= 11 is 1.81. The highest BCUT2D eigenvalue weighted by Gasteiger charge is 2.39. The fourth-order valence-corrected chi connectivity index (χ4v) is 4.22. The average molecular weight is 282 g/mol. The van der Waals surface area contributed by atoms with Gasteiger partial charge in [0, 0.05) is 24.2 Å². The standard InChI is InChI=1S/C15H26N2OS/c1-5-16-12(3)13-10-17-14(19-13)15(18-4)8-6-7-11(2)9-15/h10-12,16H,5-9H2,1-4H3. The Morgan fingerprint density at radius 2 is 2.42 bits per heavy atom. The lowest BCUT2D eigenvalue weighted by atomic mass is 9.79. The molecule has 0 spiro atoms. The first-order valence-corrected chi connectivity index (χ1v) is 8.17. The zero-order valence-electron chi connectivity index (χ0n) is 12.5. The van der Waals surface area contributed by atoms with Crippen molar-refractivity contribution in [1.82, 2.24) is 10.3 Å². The van der Waals surface area contributed by atoms with Gasteiger partial charge < -0.3 is 10.1 Å². The van der Waals surface area contributed by atoms with Crippen molar-refractivity contribution >= 4 is 11.3 Å². The van der Waals surface area contributed by atoms with Gasteiger partial charge in [-0.2, -0.15) is 0 Å². The molecular weight excluding hydrogens is 256 g/mol. The van der Waals surface area contributed by atoms with Gasteiger partial charge in [-0.3, -0.25) is 0 Å². The van der Waals surface area contributed by atoms with Crippen LogP contribution >= 0.6 is 11.3 Å². The van der Waals surface area contributed by atoms with E-state index in [1.54, 1.807) is 0 Å². The Morgan fingerprint density at radius 1 is 1.63 bits per heavy atom. The van der Waals surface area contributed by atoms with Crippen molar-refractivity contribution < 1.29 is 4.74 Å². The van der Waals surface area contributed by atoms with E-state index < -0.39 is 0 Å². The van der Waals surface area contributed by atoms with Crippen LogP contribution in [0.2, 0.25) is 0 Å². The molecule has 2 rings (SSSR count). The summed E-state index contributed by atoms with van der Waals surface area (Å²) < 4.78 is 5.92. The van der Waals surface area contributed by atoms with Crippen LogP contribution in [-0.4, -0.2) is 18.6 Å². The number of hydrogen-bond acceptors (Lipinski definition) is 4. The molecule has 0 radical (unpaired) electrons. The number of hydrogen-bond donors (Lipinski definition) is 1. The quantitative estimate of drug-likeness (QED) is 0.890. The lowest BCUT2D eigenvalue weighted by Crippen LogP contribution is -2.34. The molecule has 0 bridgehead atoms. The minimum absolute atomic E-state index is 0.132. The van der Waals surface area contributed by atoms with Gasteiger partial charge in [-0.1, -0.05) is 20.3 Å². The van der Waals surface area contributed by atoms with E-state index in [-0.39, 0.29) is 5.60 Å². The molecule has 1 heterocycles. The second-order valence-electron chi connectivity index (χ2n) is 5.75. The Morgan fingerprint density at radius 3 is 3.05 bits per heavy atom. The molecule has 1 aliphatic carbocycles. The topological polar surface area (TPSA) is 34.2 Å². The van der Waals surface area contributed by atoms with Gasteiger partial charge in [0.15, 0.2) is 0 Å². The van der Waals surface area contributed by atoms with Gasteiger partial charge in [0.1, 0.15) is 10.6 Å². The molecule has 0 amide bonds. The lowest BCUT2D eigenvalue weighted by Gasteiger charge is -2.37. The van der Waals surface area contributed by atoms with Crippen molar-refractivity contribution in [3.63, 3.8) is 0 Å². The monoisotopic (exact) mass is 282 g/mol. The van der Waals surface area contributed by atoms with Crippen LogP contribution in [0.3, 0.4) is 0 Å². The van der Waals surface area contributed by atoms with Gasteiger partial charge in [0.05, 0.1) is 0 Å². The third-order valence-electron chi connectivity index (χ3n) is 4.20. The van der Waals surface area contributed by atoms with E-state index in [2.05, 4.69) is 31.1 Å². The van der Waals surface area contributed by atoms with Gasteiger partial charge in [0.2, 0.25) is 0 Å². The zero-order chi connectivity index (χ0) is 13.9. The first kappa shape index (κ1) is 14.9. The Bertz CT molecular complexity index is 407. The fourth-order valence-electron chi connectivity index (χ4n) is 3.07. The smallest absolute Gasteiger partial charge is 0.125 e. The van der Waals surface area contributed by atoms with Gasteiger partial charge in [-0.05, 0) is 38.6 Å². The Hall–Kier alpha value is -0.450. The summed E-state index contributed by atoms with van der Waals surface area (Å²) in [6.07, 6.45) is 6.79. The Labute approximate surface area is 120 Å². The summed E-state index contributed by atoms with van der Waals surface area (Å²) in [6, 6.07) is 0.381. The van der Waals surface area contributed by atoms with Gasteiger partial charge in [-0.15, -0.1) is 11.3 Å². The highest BCUT2D eigenvalue weighted by Crippen LogP contribution is 2.44. The van der Waals surface area contributed by atoms with E-state index in [0.29, 0.717) is 6.04 Å². The first-order chi connectivity index (χ1) is 9.11. The van der Waals surface area contributed by atoms with E-state index in [9.17, 15) is 0 Å². The first-order valence-electron chi connectivity index (χ1n) is 7.36. The van der Waals surface area contributed by atoms with Gasteiger partial charge in [0.25, 0.3) is 0 Å². The van der Waals surface area contributed by atoms with Crippen LogP contribution in [0.15, 0.2) is 6.20 Å². The van der Waals surface area contributed by atoms with E-state index in [0.717, 1.165) is 25.3 Å². The summed E-state index contributed by atoms with van der Waals surface area (Å²) in [5, 5.41) is 4.61. The number of rotatable bonds is 5. The minimum Gasteiger partial charge on any atom is -0.371 e. The highest BCUT2D eigenvalue weighted by molar-refractivity contribution is 7.11. The van der Waals surface area contributed by atoms with Crippen molar-refractivity contribution in [2.75, 3.05) is 13.7 Å². The second kappa shape index (κ2) is 6.33. The van der Waals surface area contributed by atoms with Crippen LogP contribution in [0.1, 0.15) is 62.4 Å². The molecule has 3 unspecified atom stereocenters. The van der Waals surface area contributed by atoms with Crippen molar-refractivity contribution in [1.29, 1.82) is 0 Å². The van der Waals surface area contributed by atoms with Crippen molar-refractivity contribution in [3.8, 4) is 0 Å². The maximum absolute atomic E-state index is 5.92. The number of nitrogens with zero attached hydrogens (tertiary/aromatic N) is 1. The molecule has 3 nitrogen and oxygen atoms in total. The van der Waals surface area contributed by atoms with E-state index in [4.69, 9.17) is 4.74 Å². The third kappa shape index (κ3) is 3.18. The van der Waals surface area contributed by atoms with Crippen LogP contribution in [-0.2, 0) is 10.3 Å². The minimum atomic E-state index is -0.132. The molecule has 0 aromatic carbocycles. The molecule has 1 N–H and O–H groups in total. The predicted molar refractivity (Wildman–Crippen MR) is 80.5 cm³/mol. The maximum atomic E-state index is 5.92. The molecule has 19 heavy (non-hydrogen) atoms. The number of aromatic nitrogens is 1. The normalized spacial score (nSPS) is 29.4. The van der Waals surface area contributed by atoms with Crippen LogP contribution in [0, 0.1) is 5.92 Å². The highest BCUT2D eigenvalue weighted by atomic mass is 32.1. The van der Waals surface area contributed by atoms with E-state index >= 15 is 0 Å². The van der Waals surface area contributed by atoms with Crippen molar-refractivity contribution in [2.24, 2.45) is 5.92 Å². The zero-order valence-corrected chi connectivity index (χ0v) is 13.3. The molecule has 1 saturated carbocycles. The van der Waals surface area contributed by atoms with Gasteiger partial charge in [-0.25, -0.2) is 4.98 Å². The molecule has 108 valence electrons. The molecule has 3 atom stereocenters. The van der Waals surface area contributed by atoms with Crippen molar-refractivity contribution in [3.05, 3.63) is 16.1 Å². The molecule has 0 saturated heterocycles. The molecule has 0 aliphatic heterocycles. The molecule has 1 aromatic rings. The third-order valence-corrected chi connectivity index (χ3v) is 5.56. The molecular formula is C15H26N2OS. The Kier molecular flexibility index (Phi) is 4.98. The summed E-state index contributed by atoms with van der Waals surface area (Å²) in [6.45, 7) is 7.64. The average Bonchev–Trinajstić information content (AvgIpc) is 2.89. The summed E-state index contributed by atoms with van der Waals surface area (Å²) in [5.41, 5.74) is -0.132. The number of nitrogens with one attached hydrogen (secondary N) is 1. The predicted octanol–water partition coefficient (Wildman–Crippen LogP) is 3.87. The summed E-state index contributed by atoms with van der Waals surface area (Å²) in [5.74, 6) is 0.729. The van der Waals surface area contributed by atoms with Crippen LogP contribution in [0.4, 0.5) is 0 Å². The number of ether oxygens (including phenoxy) is 1. The molecule has 1 aliphatic rings. The lowest BCUT2D eigenvalue weighted by molar-refractivity contribution is -0.0580. The molecule has 4 heteroatoms. The Balaban J connectivity index is 2.19. The summed E-state index contributed by atoms with van der Waals surface area (Å²) in [4.78, 5) is 5.99. The summed E-state index contributed by atoms with van der Waals surface area (Å²) in [7, 11) is 1.84. The maximum Gasteiger partial charge on any atom is 0.125 e. The molecule has 1 fully saturated rings. The number of methoxy groups -OCH3 is 1. The van der Waals surface area contributed by atoms with Crippen molar-refractivity contribution in [2.45, 2.75) is 58.1 Å². The molecule has 1 aromatic heterocycles. The second-order valence-corrected chi connectivity index (χ2v) is 6.81. The van der Waals surface area contributed by atoms with Crippen LogP contribution in [0.25, 0.3) is 0 Å². The number of thiazole rings is 1. The van der Waals surface area contributed by atoms with E-state index in [1.165, 1.54) is 22.7 Å². The van der Waals surface area contributed by atoms with Crippen LogP contribution in [0.5, 0.6) is 0 Å². The largest absolute Gasteiger partial charge is 0.371 e. The van der Waals surface area contributed by atoms with Gasteiger partial charge >= 0.3 is 0 Å². The van der Waals surface area contributed by atoms with Crippen LogP contribution < -0.4 is 5.32 Å².